The van der Waals surface area contributed by atoms with Gasteiger partial charge in [-0.1, -0.05) is 75.6 Å². The highest BCUT2D eigenvalue weighted by Gasteiger charge is 2.10. The van der Waals surface area contributed by atoms with Gasteiger partial charge in [-0.2, -0.15) is 0 Å². The smallest absolute Gasteiger partial charge is 0.0926 e. The first kappa shape index (κ1) is 14.3. The van der Waals surface area contributed by atoms with Crippen molar-refractivity contribution in [3.8, 4) is 0 Å². The van der Waals surface area contributed by atoms with Crippen LogP contribution in [0.4, 0.5) is 0 Å². The quantitative estimate of drug-likeness (QED) is 0.708. The van der Waals surface area contributed by atoms with Crippen molar-refractivity contribution < 1.29 is 4.74 Å². The molecule has 1 unspecified atom stereocenters. The van der Waals surface area contributed by atoms with E-state index in [-0.39, 0.29) is 6.10 Å². The van der Waals surface area contributed by atoms with Gasteiger partial charge in [-0.15, -0.1) is 0 Å². The molecule has 0 saturated heterocycles. The molecule has 0 saturated carbocycles. The number of halogens is 1. The summed E-state index contributed by atoms with van der Waals surface area (Å²) in [5.74, 6) is 0. The van der Waals surface area contributed by atoms with E-state index in [0.717, 1.165) is 5.33 Å². The summed E-state index contributed by atoms with van der Waals surface area (Å²) in [4.78, 5) is 0. The highest BCUT2D eigenvalue weighted by Crippen LogP contribution is 2.22. The van der Waals surface area contributed by atoms with Crippen molar-refractivity contribution in [2.45, 2.75) is 26.6 Å². The SMILES string of the molecule is Cc1ccc(COC(CBr)c2ccc(C)cc2)cc1. The van der Waals surface area contributed by atoms with Crippen molar-refractivity contribution in [1.82, 2.24) is 0 Å². The molecule has 100 valence electrons. The summed E-state index contributed by atoms with van der Waals surface area (Å²) in [5.41, 5.74) is 4.98. The maximum absolute atomic E-state index is 6.00. The van der Waals surface area contributed by atoms with E-state index in [1.54, 1.807) is 0 Å². The molecule has 0 spiro atoms. The van der Waals surface area contributed by atoms with Gasteiger partial charge in [0.15, 0.2) is 0 Å². The molecule has 0 amide bonds. The third kappa shape index (κ3) is 4.19. The van der Waals surface area contributed by atoms with Crippen LogP contribution in [0, 0.1) is 13.8 Å². The Labute approximate surface area is 123 Å². The Morgan fingerprint density at radius 2 is 1.42 bits per heavy atom. The monoisotopic (exact) mass is 318 g/mol. The molecule has 0 aliphatic carbocycles. The number of rotatable bonds is 5. The van der Waals surface area contributed by atoms with Crippen LogP contribution in [0.3, 0.4) is 0 Å². The summed E-state index contributed by atoms with van der Waals surface area (Å²) in [6.07, 6.45) is 0.0990. The van der Waals surface area contributed by atoms with Crippen molar-refractivity contribution in [3.63, 3.8) is 0 Å². The molecular formula is C17H19BrO. The van der Waals surface area contributed by atoms with Gasteiger partial charge in [0.05, 0.1) is 12.7 Å². The molecule has 0 aliphatic heterocycles. The second-order valence-electron chi connectivity index (χ2n) is 4.85. The summed E-state index contributed by atoms with van der Waals surface area (Å²) >= 11 is 3.53. The summed E-state index contributed by atoms with van der Waals surface area (Å²) in [6, 6.07) is 17.0. The Kier molecular flexibility index (Phi) is 5.17. The van der Waals surface area contributed by atoms with Crippen LogP contribution in [0.1, 0.15) is 28.4 Å². The molecule has 1 nitrogen and oxygen atoms in total. The number of alkyl halides is 1. The number of hydrogen-bond acceptors (Lipinski definition) is 1. The highest BCUT2D eigenvalue weighted by atomic mass is 79.9. The second-order valence-corrected chi connectivity index (χ2v) is 5.50. The molecule has 0 N–H and O–H groups in total. The van der Waals surface area contributed by atoms with Gasteiger partial charge in [0.1, 0.15) is 0 Å². The summed E-state index contributed by atoms with van der Waals surface area (Å²) < 4.78 is 6.00. The number of ether oxygens (including phenoxy) is 1. The number of aryl methyl sites for hydroxylation is 2. The Balaban J connectivity index is 1.99. The van der Waals surface area contributed by atoms with Gasteiger partial charge in [-0.3, -0.25) is 0 Å². The number of hydrogen-bond donors (Lipinski definition) is 0. The molecule has 2 aromatic carbocycles. The lowest BCUT2D eigenvalue weighted by Crippen LogP contribution is -2.06. The average molecular weight is 319 g/mol. The van der Waals surface area contributed by atoms with Crippen molar-refractivity contribution in [2.75, 3.05) is 5.33 Å². The Bertz CT molecular complexity index is 502. The maximum atomic E-state index is 6.00. The zero-order valence-corrected chi connectivity index (χ0v) is 13.0. The topological polar surface area (TPSA) is 9.23 Å². The lowest BCUT2D eigenvalue weighted by Gasteiger charge is -2.16. The maximum Gasteiger partial charge on any atom is 0.0926 e. The zero-order chi connectivity index (χ0) is 13.7. The van der Waals surface area contributed by atoms with Crippen LogP contribution in [-0.2, 0) is 11.3 Å². The third-order valence-corrected chi connectivity index (χ3v) is 3.75. The van der Waals surface area contributed by atoms with Gasteiger partial charge in [-0.25, -0.2) is 0 Å². The van der Waals surface area contributed by atoms with Crippen molar-refractivity contribution >= 4 is 15.9 Å². The summed E-state index contributed by atoms with van der Waals surface area (Å²) in [6.45, 7) is 4.84. The lowest BCUT2D eigenvalue weighted by molar-refractivity contribution is 0.0566. The molecule has 0 aliphatic rings. The predicted molar refractivity (Wildman–Crippen MR) is 83.7 cm³/mol. The molecule has 0 fully saturated rings. The van der Waals surface area contributed by atoms with Gasteiger partial charge in [0.25, 0.3) is 0 Å². The second kappa shape index (κ2) is 6.88. The van der Waals surface area contributed by atoms with Crippen LogP contribution in [-0.4, -0.2) is 5.33 Å². The molecule has 0 radical (unpaired) electrons. The van der Waals surface area contributed by atoms with E-state index < -0.39 is 0 Å². The summed E-state index contributed by atoms with van der Waals surface area (Å²) in [5, 5.41) is 0.807. The van der Waals surface area contributed by atoms with E-state index in [1.165, 1.54) is 22.3 Å². The van der Waals surface area contributed by atoms with E-state index in [0.29, 0.717) is 6.61 Å². The fourth-order valence-electron chi connectivity index (χ4n) is 1.89. The van der Waals surface area contributed by atoms with Gasteiger partial charge < -0.3 is 4.74 Å². The molecule has 0 aromatic heterocycles. The number of benzene rings is 2. The molecule has 0 heterocycles. The fraction of sp³-hybridized carbons (Fsp3) is 0.294. The molecule has 19 heavy (non-hydrogen) atoms. The Morgan fingerprint density at radius 1 is 0.895 bits per heavy atom. The molecular weight excluding hydrogens is 300 g/mol. The van der Waals surface area contributed by atoms with E-state index in [2.05, 4.69) is 78.3 Å². The van der Waals surface area contributed by atoms with Crippen LogP contribution < -0.4 is 0 Å². The van der Waals surface area contributed by atoms with E-state index in [1.807, 2.05) is 0 Å². The largest absolute Gasteiger partial charge is 0.368 e. The lowest BCUT2D eigenvalue weighted by atomic mass is 10.1. The third-order valence-electron chi connectivity index (χ3n) is 3.16. The minimum Gasteiger partial charge on any atom is -0.368 e. The van der Waals surface area contributed by atoms with Crippen LogP contribution in [0.15, 0.2) is 48.5 Å². The first-order valence-electron chi connectivity index (χ1n) is 6.48. The predicted octanol–water partition coefficient (Wildman–Crippen LogP) is 4.96. The molecule has 0 bridgehead atoms. The van der Waals surface area contributed by atoms with E-state index >= 15 is 0 Å². The molecule has 2 heteroatoms. The van der Waals surface area contributed by atoms with Gasteiger partial charge in [-0.05, 0) is 25.0 Å². The minimum absolute atomic E-state index is 0.0990. The molecule has 1 atom stereocenters. The molecule has 2 aromatic rings. The first-order valence-corrected chi connectivity index (χ1v) is 7.61. The fourth-order valence-corrected chi connectivity index (χ4v) is 2.45. The van der Waals surface area contributed by atoms with Crippen LogP contribution >= 0.6 is 15.9 Å². The van der Waals surface area contributed by atoms with Crippen molar-refractivity contribution in [3.05, 3.63) is 70.8 Å². The van der Waals surface area contributed by atoms with Gasteiger partial charge >= 0.3 is 0 Å². The highest BCUT2D eigenvalue weighted by molar-refractivity contribution is 9.09. The summed E-state index contributed by atoms with van der Waals surface area (Å²) in [7, 11) is 0. The first-order chi connectivity index (χ1) is 9.19. The van der Waals surface area contributed by atoms with E-state index in [9.17, 15) is 0 Å². The minimum atomic E-state index is 0.0990. The van der Waals surface area contributed by atoms with Crippen LogP contribution in [0.25, 0.3) is 0 Å². The standard InChI is InChI=1S/C17H19BrO/c1-13-3-7-15(8-4-13)12-19-17(11-18)16-9-5-14(2)6-10-16/h3-10,17H,11-12H2,1-2H3. The molecule has 2 rings (SSSR count). The van der Waals surface area contributed by atoms with Crippen molar-refractivity contribution in [1.29, 1.82) is 0 Å². The van der Waals surface area contributed by atoms with Gasteiger partial charge in [0.2, 0.25) is 0 Å². The van der Waals surface area contributed by atoms with Gasteiger partial charge in [0, 0.05) is 5.33 Å². The Morgan fingerprint density at radius 3 is 1.95 bits per heavy atom. The normalized spacial score (nSPS) is 12.4. The van der Waals surface area contributed by atoms with Crippen LogP contribution in [0.2, 0.25) is 0 Å². The zero-order valence-electron chi connectivity index (χ0n) is 11.4. The Hall–Kier alpha value is -1.12. The van der Waals surface area contributed by atoms with Crippen LogP contribution in [0.5, 0.6) is 0 Å². The average Bonchev–Trinajstić information content (AvgIpc) is 2.43. The van der Waals surface area contributed by atoms with Crippen molar-refractivity contribution in [2.24, 2.45) is 0 Å². The van der Waals surface area contributed by atoms with E-state index in [4.69, 9.17) is 4.74 Å².